The highest BCUT2D eigenvalue weighted by Crippen LogP contribution is 2.28. The van der Waals surface area contributed by atoms with E-state index in [1.54, 1.807) is 6.20 Å². The standard InChI is InChI=1S/C22H19FN4O/c23-18-8-6-15(7-9-18)17-11-26(12-17)13-19-14-27-20(22(28)25-19)10-24-21(27)16-4-2-1-3-5-16/h1-10,14,17H,11-13H2,(H,25,28). The van der Waals surface area contributed by atoms with Gasteiger partial charge in [-0.1, -0.05) is 42.5 Å². The minimum absolute atomic E-state index is 0.136. The molecule has 0 atom stereocenters. The van der Waals surface area contributed by atoms with E-state index < -0.39 is 0 Å². The van der Waals surface area contributed by atoms with Crippen molar-refractivity contribution >= 4 is 5.52 Å². The monoisotopic (exact) mass is 374 g/mol. The second kappa shape index (κ2) is 6.73. The minimum atomic E-state index is -0.208. The summed E-state index contributed by atoms with van der Waals surface area (Å²) in [5, 5.41) is 0. The molecule has 2 aromatic heterocycles. The fourth-order valence-electron chi connectivity index (χ4n) is 3.82. The lowest BCUT2D eigenvalue weighted by molar-refractivity contribution is 0.137. The average molecular weight is 374 g/mol. The molecule has 2 aromatic carbocycles. The summed E-state index contributed by atoms with van der Waals surface area (Å²) in [7, 11) is 0. The Kier molecular flexibility index (Phi) is 4.06. The van der Waals surface area contributed by atoms with E-state index in [-0.39, 0.29) is 11.4 Å². The Labute approximate surface area is 161 Å². The number of H-pyrrole nitrogens is 1. The molecule has 1 fully saturated rings. The third kappa shape index (κ3) is 3.01. The van der Waals surface area contributed by atoms with Crippen LogP contribution < -0.4 is 5.56 Å². The summed E-state index contributed by atoms with van der Waals surface area (Å²) in [4.78, 5) is 22.2. The molecule has 28 heavy (non-hydrogen) atoms. The van der Waals surface area contributed by atoms with Gasteiger partial charge in [-0.2, -0.15) is 0 Å². The second-order valence-electron chi connectivity index (χ2n) is 7.25. The summed E-state index contributed by atoms with van der Waals surface area (Å²) in [5.74, 6) is 0.959. The van der Waals surface area contributed by atoms with Gasteiger partial charge in [0.1, 0.15) is 17.2 Å². The number of imidazole rings is 1. The van der Waals surface area contributed by atoms with Crippen LogP contribution in [0, 0.1) is 5.82 Å². The summed E-state index contributed by atoms with van der Waals surface area (Å²) in [6.07, 6.45) is 3.57. The Morgan fingerprint density at radius 3 is 2.57 bits per heavy atom. The first-order valence-electron chi connectivity index (χ1n) is 9.30. The largest absolute Gasteiger partial charge is 0.322 e. The Morgan fingerprint density at radius 2 is 1.82 bits per heavy atom. The van der Waals surface area contributed by atoms with Gasteiger partial charge in [0.25, 0.3) is 5.56 Å². The number of likely N-dealkylation sites (tertiary alicyclic amines) is 1. The molecule has 5 nitrogen and oxygen atoms in total. The molecule has 1 aliphatic heterocycles. The van der Waals surface area contributed by atoms with Crippen LogP contribution in [0.5, 0.6) is 0 Å². The number of benzene rings is 2. The van der Waals surface area contributed by atoms with Crippen molar-refractivity contribution in [3.05, 3.63) is 94.4 Å². The maximum Gasteiger partial charge on any atom is 0.274 e. The molecule has 0 bridgehead atoms. The van der Waals surface area contributed by atoms with E-state index in [2.05, 4.69) is 14.9 Å². The van der Waals surface area contributed by atoms with Crippen molar-refractivity contribution in [1.82, 2.24) is 19.3 Å². The molecule has 0 amide bonds. The first kappa shape index (κ1) is 16.9. The first-order chi connectivity index (χ1) is 13.7. The summed E-state index contributed by atoms with van der Waals surface area (Å²) in [5.41, 5.74) is 3.38. The van der Waals surface area contributed by atoms with Crippen LogP contribution in [0.2, 0.25) is 0 Å². The SMILES string of the molecule is O=c1[nH]c(CN2CC(c3ccc(F)cc3)C2)cn2c(-c3ccccc3)ncc12. The van der Waals surface area contributed by atoms with Gasteiger partial charge in [-0.05, 0) is 17.7 Å². The highest BCUT2D eigenvalue weighted by Gasteiger charge is 2.28. The van der Waals surface area contributed by atoms with Gasteiger partial charge in [-0.15, -0.1) is 0 Å². The normalized spacial score (nSPS) is 15.0. The molecule has 6 heteroatoms. The van der Waals surface area contributed by atoms with Crippen LogP contribution in [0.4, 0.5) is 4.39 Å². The number of nitrogens with zero attached hydrogens (tertiary/aromatic N) is 3. The van der Waals surface area contributed by atoms with Crippen molar-refractivity contribution < 1.29 is 4.39 Å². The highest BCUT2D eigenvalue weighted by molar-refractivity contribution is 5.61. The van der Waals surface area contributed by atoms with Gasteiger partial charge in [0.2, 0.25) is 0 Å². The summed E-state index contributed by atoms with van der Waals surface area (Å²) < 4.78 is 14.9. The number of hydrogen-bond donors (Lipinski definition) is 1. The molecule has 0 aliphatic carbocycles. The van der Waals surface area contributed by atoms with Crippen molar-refractivity contribution in [3.63, 3.8) is 0 Å². The Balaban J connectivity index is 1.37. The van der Waals surface area contributed by atoms with Crippen molar-refractivity contribution in [1.29, 1.82) is 0 Å². The Morgan fingerprint density at radius 1 is 1.07 bits per heavy atom. The van der Waals surface area contributed by atoms with E-state index in [0.29, 0.717) is 18.0 Å². The third-order valence-electron chi connectivity index (χ3n) is 5.31. The van der Waals surface area contributed by atoms with Crippen LogP contribution in [0.25, 0.3) is 16.9 Å². The molecule has 1 aliphatic rings. The number of rotatable bonds is 4. The predicted octanol–water partition coefficient (Wildman–Crippen LogP) is 3.43. The average Bonchev–Trinajstić information content (AvgIpc) is 3.11. The molecule has 1 saturated heterocycles. The summed E-state index contributed by atoms with van der Waals surface area (Å²) in [6.45, 7) is 2.44. The fourth-order valence-corrected chi connectivity index (χ4v) is 3.82. The van der Waals surface area contributed by atoms with E-state index in [9.17, 15) is 9.18 Å². The van der Waals surface area contributed by atoms with Crippen LogP contribution >= 0.6 is 0 Å². The van der Waals surface area contributed by atoms with Crippen LogP contribution in [0.1, 0.15) is 17.2 Å². The Bertz CT molecular complexity index is 1170. The Hall–Kier alpha value is -3.25. The highest BCUT2D eigenvalue weighted by atomic mass is 19.1. The molecule has 0 saturated carbocycles. The van der Waals surface area contributed by atoms with Gasteiger partial charge in [0.15, 0.2) is 0 Å². The zero-order valence-electron chi connectivity index (χ0n) is 15.2. The number of nitrogens with one attached hydrogen (secondary N) is 1. The number of hydrogen-bond acceptors (Lipinski definition) is 3. The van der Waals surface area contributed by atoms with Crippen LogP contribution in [0.15, 0.2) is 71.8 Å². The van der Waals surface area contributed by atoms with E-state index in [0.717, 1.165) is 35.7 Å². The lowest BCUT2D eigenvalue weighted by Crippen LogP contribution is -2.44. The summed E-state index contributed by atoms with van der Waals surface area (Å²) in [6, 6.07) is 16.6. The zero-order valence-corrected chi connectivity index (χ0v) is 15.2. The van der Waals surface area contributed by atoms with Crippen LogP contribution in [0.3, 0.4) is 0 Å². The maximum atomic E-state index is 13.1. The molecule has 0 spiro atoms. The van der Waals surface area contributed by atoms with Gasteiger partial charge in [0, 0.05) is 43.0 Å². The van der Waals surface area contributed by atoms with Crippen molar-refractivity contribution in [2.75, 3.05) is 13.1 Å². The second-order valence-corrected chi connectivity index (χ2v) is 7.25. The topological polar surface area (TPSA) is 53.4 Å². The smallest absolute Gasteiger partial charge is 0.274 e. The lowest BCUT2D eigenvalue weighted by atomic mass is 9.91. The van der Waals surface area contributed by atoms with Gasteiger partial charge in [-0.25, -0.2) is 9.37 Å². The quantitative estimate of drug-likeness (QED) is 0.595. The third-order valence-corrected chi connectivity index (χ3v) is 5.31. The number of fused-ring (bicyclic) bond motifs is 1. The molecule has 3 heterocycles. The maximum absolute atomic E-state index is 13.1. The first-order valence-corrected chi connectivity index (χ1v) is 9.30. The molecular weight excluding hydrogens is 355 g/mol. The molecule has 5 rings (SSSR count). The number of aromatic amines is 1. The van der Waals surface area contributed by atoms with E-state index in [1.807, 2.05) is 53.1 Å². The van der Waals surface area contributed by atoms with Crippen molar-refractivity contribution in [2.24, 2.45) is 0 Å². The molecule has 4 aromatic rings. The van der Waals surface area contributed by atoms with Crippen molar-refractivity contribution in [2.45, 2.75) is 12.5 Å². The van der Waals surface area contributed by atoms with Crippen LogP contribution in [-0.4, -0.2) is 32.4 Å². The van der Waals surface area contributed by atoms with Crippen LogP contribution in [-0.2, 0) is 6.54 Å². The summed E-state index contributed by atoms with van der Waals surface area (Å²) >= 11 is 0. The number of halogens is 1. The van der Waals surface area contributed by atoms with E-state index in [1.165, 1.54) is 12.1 Å². The predicted molar refractivity (Wildman–Crippen MR) is 106 cm³/mol. The van der Waals surface area contributed by atoms with Gasteiger partial charge in [-0.3, -0.25) is 14.1 Å². The molecule has 0 radical (unpaired) electrons. The number of aromatic nitrogens is 3. The van der Waals surface area contributed by atoms with E-state index >= 15 is 0 Å². The molecular formula is C22H19FN4O. The van der Waals surface area contributed by atoms with Gasteiger partial charge < -0.3 is 4.98 Å². The molecule has 0 unspecified atom stereocenters. The lowest BCUT2D eigenvalue weighted by Gasteiger charge is -2.39. The van der Waals surface area contributed by atoms with Gasteiger partial charge in [0.05, 0.1) is 6.20 Å². The van der Waals surface area contributed by atoms with Crippen molar-refractivity contribution in [3.8, 4) is 11.4 Å². The molecule has 140 valence electrons. The minimum Gasteiger partial charge on any atom is -0.322 e. The van der Waals surface area contributed by atoms with Gasteiger partial charge >= 0.3 is 0 Å². The zero-order chi connectivity index (χ0) is 19.1. The molecule has 1 N–H and O–H groups in total. The fraction of sp³-hybridized carbons (Fsp3) is 0.182. The van der Waals surface area contributed by atoms with E-state index in [4.69, 9.17) is 0 Å².